The van der Waals surface area contributed by atoms with Gasteiger partial charge in [0.1, 0.15) is 0 Å². The van der Waals surface area contributed by atoms with Crippen molar-refractivity contribution in [3.05, 3.63) is 175 Å². The van der Waals surface area contributed by atoms with Gasteiger partial charge in [0, 0.05) is 32.8 Å². The largest absolute Gasteiger partial charge is 0.318 e. The molecule has 0 atom stereocenters. The van der Waals surface area contributed by atoms with Crippen molar-refractivity contribution in [2.45, 2.75) is 0 Å². The summed E-state index contributed by atoms with van der Waals surface area (Å²) in [7, 11) is 0. The minimum atomic E-state index is 0.499. The molecule has 0 fully saturated rings. The Balaban J connectivity index is 1.21. The average Bonchev–Trinajstić information content (AvgIpc) is 3.67. The molecule has 7 aromatic carbocycles. The zero-order chi connectivity index (χ0) is 32.2. The van der Waals surface area contributed by atoms with E-state index in [1.54, 1.807) is 12.1 Å². The molecule has 2 aromatic heterocycles. The number of fused-ring (bicyclic) bond motifs is 6. The molecule has 0 aliphatic rings. The predicted octanol–water partition coefficient (Wildman–Crippen LogP) is 11.6. The number of aromatic nitrogens is 2. The molecule has 0 aliphatic carbocycles. The second kappa shape index (κ2) is 10.9. The van der Waals surface area contributed by atoms with E-state index >= 15 is 0 Å². The van der Waals surface area contributed by atoms with Gasteiger partial charge >= 0.3 is 0 Å². The molecular formula is C44H26N4. The second-order valence-electron chi connectivity index (χ2n) is 11.9. The molecule has 0 bridgehead atoms. The highest BCUT2D eigenvalue weighted by Crippen LogP contribution is 2.43. The predicted molar refractivity (Wildman–Crippen MR) is 197 cm³/mol. The van der Waals surface area contributed by atoms with Crippen molar-refractivity contribution in [2.75, 3.05) is 0 Å². The van der Waals surface area contributed by atoms with E-state index in [-0.39, 0.29) is 0 Å². The van der Waals surface area contributed by atoms with Crippen LogP contribution in [0.3, 0.4) is 0 Å². The van der Waals surface area contributed by atoms with E-state index in [0.29, 0.717) is 11.3 Å². The van der Waals surface area contributed by atoms with Crippen LogP contribution in [0.15, 0.2) is 158 Å². The van der Waals surface area contributed by atoms with Crippen LogP contribution in [-0.4, -0.2) is 9.13 Å². The summed E-state index contributed by atoms with van der Waals surface area (Å²) in [5.41, 5.74) is 11.0. The van der Waals surface area contributed by atoms with E-state index in [4.69, 9.17) is 6.57 Å². The summed E-state index contributed by atoms with van der Waals surface area (Å²) in [6, 6.07) is 56.5. The summed E-state index contributed by atoms with van der Waals surface area (Å²) in [5.74, 6) is 0. The number of para-hydroxylation sites is 4. The Morgan fingerprint density at radius 2 is 0.979 bits per heavy atom. The lowest BCUT2D eigenvalue weighted by atomic mass is 9.94. The van der Waals surface area contributed by atoms with Gasteiger partial charge in [-0.2, -0.15) is 5.26 Å². The third kappa shape index (κ3) is 4.07. The molecule has 4 heteroatoms. The molecule has 9 rings (SSSR count). The molecule has 0 amide bonds. The molecule has 0 spiro atoms. The maximum absolute atomic E-state index is 10.4. The highest BCUT2D eigenvalue weighted by molar-refractivity contribution is 6.11. The monoisotopic (exact) mass is 610 g/mol. The van der Waals surface area contributed by atoms with Gasteiger partial charge in [-0.15, -0.1) is 0 Å². The summed E-state index contributed by atoms with van der Waals surface area (Å²) < 4.78 is 4.48. The molecule has 222 valence electrons. The fraction of sp³-hybridized carbons (Fsp3) is 0. The van der Waals surface area contributed by atoms with Crippen LogP contribution in [0.1, 0.15) is 5.56 Å². The SMILES string of the molecule is [C-]#[N+]c1ccc(C#N)c(-c2ccc(-c3cccc(-n4c5ccccc5c5ccccc54)c3)cc2)c1-n1c2ccccc2c2ccccc21. The Morgan fingerprint density at radius 1 is 0.479 bits per heavy atom. The smallest absolute Gasteiger partial charge is 0.211 e. The van der Waals surface area contributed by atoms with E-state index in [0.717, 1.165) is 55.4 Å². The quantitative estimate of drug-likeness (QED) is 0.183. The van der Waals surface area contributed by atoms with Gasteiger partial charge in [0.25, 0.3) is 0 Å². The van der Waals surface area contributed by atoms with E-state index in [1.807, 2.05) is 24.3 Å². The summed E-state index contributed by atoms with van der Waals surface area (Å²) in [6.45, 7) is 8.14. The molecule has 0 saturated heterocycles. The Hall–Kier alpha value is -6.88. The Bertz CT molecular complexity index is 2690. The van der Waals surface area contributed by atoms with E-state index in [2.05, 4.69) is 141 Å². The topological polar surface area (TPSA) is 38.0 Å². The lowest BCUT2D eigenvalue weighted by Gasteiger charge is -2.18. The van der Waals surface area contributed by atoms with Crippen molar-refractivity contribution < 1.29 is 0 Å². The van der Waals surface area contributed by atoms with Gasteiger partial charge < -0.3 is 9.13 Å². The molecule has 0 aliphatic heterocycles. The Kier molecular flexibility index (Phi) is 6.22. The fourth-order valence-corrected chi connectivity index (χ4v) is 7.30. The molecule has 48 heavy (non-hydrogen) atoms. The lowest BCUT2D eigenvalue weighted by Crippen LogP contribution is -2.00. The number of hydrogen-bond acceptors (Lipinski definition) is 1. The maximum Gasteiger partial charge on any atom is 0.211 e. The molecule has 0 saturated carbocycles. The maximum atomic E-state index is 10.4. The number of rotatable bonds is 4. The molecule has 0 radical (unpaired) electrons. The van der Waals surface area contributed by atoms with Crippen LogP contribution in [-0.2, 0) is 0 Å². The minimum Gasteiger partial charge on any atom is -0.318 e. The first-order valence-electron chi connectivity index (χ1n) is 15.9. The van der Waals surface area contributed by atoms with Crippen molar-refractivity contribution >= 4 is 49.3 Å². The molecule has 2 heterocycles. The average molecular weight is 611 g/mol. The van der Waals surface area contributed by atoms with E-state index in [1.165, 1.54) is 21.8 Å². The van der Waals surface area contributed by atoms with Gasteiger partial charge in [-0.1, -0.05) is 121 Å². The molecule has 4 nitrogen and oxygen atoms in total. The van der Waals surface area contributed by atoms with Crippen LogP contribution < -0.4 is 0 Å². The molecule has 0 N–H and O–H groups in total. The first-order chi connectivity index (χ1) is 23.7. The van der Waals surface area contributed by atoms with Crippen LogP contribution in [0.4, 0.5) is 5.69 Å². The van der Waals surface area contributed by atoms with Crippen LogP contribution in [0.25, 0.3) is 82.1 Å². The van der Waals surface area contributed by atoms with Gasteiger partial charge in [0.2, 0.25) is 5.69 Å². The van der Waals surface area contributed by atoms with Gasteiger partial charge in [-0.3, -0.25) is 0 Å². The molecular weight excluding hydrogens is 585 g/mol. The highest BCUT2D eigenvalue weighted by atomic mass is 15.0. The zero-order valence-electron chi connectivity index (χ0n) is 25.8. The van der Waals surface area contributed by atoms with Crippen molar-refractivity contribution in [3.8, 4) is 39.7 Å². The number of nitrogens with zero attached hydrogens (tertiary/aromatic N) is 4. The van der Waals surface area contributed by atoms with Gasteiger partial charge in [-0.05, 0) is 53.1 Å². The summed E-state index contributed by atoms with van der Waals surface area (Å²) >= 11 is 0. The summed E-state index contributed by atoms with van der Waals surface area (Å²) in [5, 5.41) is 15.0. The number of hydrogen-bond donors (Lipinski definition) is 0. The van der Waals surface area contributed by atoms with Crippen LogP contribution >= 0.6 is 0 Å². The Labute approximate surface area is 277 Å². The fourth-order valence-electron chi connectivity index (χ4n) is 7.30. The van der Waals surface area contributed by atoms with Crippen LogP contribution in [0, 0.1) is 17.9 Å². The number of nitriles is 1. The van der Waals surface area contributed by atoms with Crippen LogP contribution in [0.5, 0.6) is 0 Å². The lowest BCUT2D eigenvalue weighted by molar-refractivity contribution is 1.18. The highest BCUT2D eigenvalue weighted by Gasteiger charge is 2.21. The van der Waals surface area contributed by atoms with Crippen molar-refractivity contribution in [1.29, 1.82) is 5.26 Å². The Morgan fingerprint density at radius 3 is 1.50 bits per heavy atom. The normalized spacial score (nSPS) is 11.3. The summed E-state index contributed by atoms with van der Waals surface area (Å²) in [4.78, 5) is 3.96. The minimum absolute atomic E-state index is 0.499. The summed E-state index contributed by atoms with van der Waals surface area (Å²) in [6.07, 6.45) is 0. The van der Waals surface area contributed by atoms with Crippen molar-refractivity contribution in [2.24, 2.45) is 0 Å². The third-order valence-corrected chi connectivity index (χ3v) is 9.39. The van der Waals surface area contributed by atoms with E-state index in [9.17, 15) is 5.26 Å². The van der Waals surface area contributed by atoms with Crippen molar-refractivity contribution in [1.82, 2.24) is 9.13 Å². The van der Waals surface area contributed by atoms with Gasteiger partial charge in [-0.25, -0.2) is 4.85 Å². The van der Waals surface area contributed by atoms with Gasteiger partial charge in [0.05, 0.1) is 46.0 Å². The van der Waals surface area contributed by atoms with Crippen LogP contribution in [0.2, 0.25) is 0 Å². The number of benzene rings is 7. The standard InChI is InChI=1S/C44H26N4/c1-46-38-26-25-32(28-45)43(44(38)48-41-19-8-4-15-36(41)37-16-5-9-20-42(37)48)30-23-21-29(22-24-30)31-11-10-12-33(27-31)47-39-17-6-2-13-34(39)35-14-3-7-18-40(35)47/h2-27H. The second-order valence-corrected chi connectivity index (χ2v) is 11.9. The van der Waals surface area contributed by atoms with Gasteiger partial charge in [0.15, 0.2) is 0 Å². The zero-order valence-corrected chi connectivity index (χ0v) is 25.8. The first-order valence-corrected chi connectivity index (χ1v) is 15.9. The first kappa shape index (κ1) is 27.4. The van der Waals surface area contributed by atoms with Crippen molar-refractivity contribution in [3.63, 3.8) is 0 Å². The third-order valence-electron chi connectivity index (χ3n) is 9.39. The molecule has 0 unspecified atom stereocenters. The molecule has 9 aromatic rings. The van der Waals surface area contributed by atoms with E-state index < -0.39 is 0 Å².